The number of aryl methyl sites for hydroxylation is 1. The molecule has 3 N–H and O–H groups in total. The van der Waals surface area contributed by atoms with Crippen LogP contribution in [0.25, 0.3) is 0 Å². The van der Waals surface area contributed by atoms with Gasteiger partial charge in [-0.1, -0.05) is 5.21 Å². The van der Waals surface area contributed by atoms with Crippen molar-refractivity contribution in [1.29, 1.82) is 0 Å². The van der Waals surface area contributed by atoms with E-state index in [0.717, 1.165) is 5.69 Å². The lowest BCUT2D eigenvalue weighted by Crippen LogP contribution is -2.38. The average Bonchev–Trinajstić information content (AvgIpc) is 2.71. The summed E-state index contributed by atoms with van der Waals surface area (Å²) < 4.78 is 40.2. The van der Waals surface area contributed by atoms with E-state index in [1.807, 2.05) is 0 Å². The van der Waals surface area contributed by atoms with Crippen molar-refractivity contribution in [2.45, 2.75) is 37.9 Å². The normalized spacial score (nSPS) is 25.7. The van der Waals surface area contributed by atoms with Crippen molar-refractivity contribution in [3.05, 3.63) is 10.3 Å². The van der Waals surface area contributed by atoms with Crippen LogP contribution < -0.4 is 11.3 Å². The molecule has 9 heteroatoms. The second-order valence-electron chi connectivity index (χ2n) is 5.19. The van der Waals surface area contributed by atoms with E-state index in [4.69, 9.17) is 5.84 Å². The van der Waals surface area contributed by atoms with Gasteiger partial charge in [0.25, 0.3) is 0 Å². The van der Waals surface area contributed by atoms with Crippen molar-refractivity contribution in [1.82, 2.24) is 20.4 Å². The molecular formula is C11H17BrF3N5. The lowest BCUT2D eigenvalue weighted by molar-refractivity contribution is -0.184. The fraction of sp³-hybridized carbons (Fsp3) is 0.818. The smallest absolute Gasteiger partial charge is 0.271 e. The van der Waals surface area contributed by atoms with Gasteiger partial charge in [-0.05, 0) is 47.5 Å². The molecule has 114 valence electrons. The minimum atomic E-state index is -4.09. The summed E-state index contributed by atoms with van der Waals surface area (Å²) in [5.74, 6) is 4.45. The third-order valence-electron chi connectivity index (χ3n) is 4.01. The number of nitrogens with one attached hydrogen (secondary N) is 1. The zero-order valence-electron chi connectivity index (χ0n) is 11.0. The highest BCUT2D eigenvalue weighted by molar-refractivity contribution is 9.10. The molecule has 1 aromatic rings. The molecule has 5 nitrogen and oxygen atoms in total. The monoisotopic (exact) mass is 355 g/mol. The van der Waals surface area contributed by atoms with Crippen molar-refractivity contribution in [3.8, 4) is 0 Å². The Morgan fingerprint density at radius 2 is 1.95 bits per heavy atom. The Balaban J connectivity index is 2.08. The largest absolute Gasteiger partial charge is 0.391 e. The first kappa shape index (κ1) is 15.7. The van der Waals surface area contributed by atoms with Gasteiger partial charge in [0.05, 0.1) is 17.7 Å². The highest BCUT2D eigenvalue weighted by Gasteiger charge is 2.43. The van der Waals surface area contributed by atoms with Crippen LogP contribution in [0.3, 0.4) is 0 Å². The Morgan fingerprint density at radius 3 is 2.35 bits per heavy atom. The Hall–Kier alpha value is -0.670. The van der Waals surface area contributed by atoms with Crippen molar-refractivity contribution < 1.29 is 13.2 Å². The maximum absolute atomic E-state index is 12.7. The van der Waals surface area contributed by atoms with Gasteiger partial charge in [-0.3, -0.25) is 11.3 Å². The maximum Gasteiger partial charge on any atom is 0.391 e. The Bertz CT molecular complexity index is 434. The Kier molecular flexibility index (Phi) is 4.70. The summed E-state index contributed by atoms with van der Waals surface area (Å²) >= 11 is 3.30. The van der Waals surface area contributed by atoms with E-state index >= 15 is 0 Å². The van der Waals surface area contributed by atoms with Crippen LogP contribution in [0.2, 0.25) is 0 Å². The van der Waals surface area contributed by atoms with Gasteiger partial charge < -0.3 is 0 Å². The fourth-order valence-corrected chi connectivity index (χ4v) is 3.46. The van der Waals surface area contributed by atoms with Crippen LogP contribution in [0, 0.1) is 11.8 Å². The summed E-state index contributed by atoms with van der Waals surface area (Å²) in [6.07, 6.45) is -2.83. The van der Waals surface area contributed by atoms with Crippen molar-refractivity contribution in [2.75, 3.05) is 0 Å². The third-order valence-corrected chi connectivity index (χ3v) is 4.57. The molecule has 1 aliphatic rings. The number of aromatic nitrogens is 3. The third kappa shape index (κ3) is 3.15. The molecule has 0 spiro atoms. The lowest BCUT2D eigenvalue weighted by Gasteiger charge is -2.34. The molecule has 1 unspecified atom stereocenters. The van der Waals surface area contributed by atoms with Crippen LogP contribution >= 0.6 is 15.9 Å². The lowest BCUT2D eigenvalue weighted by atomic mass is 9.77. The quantitative estimate of drug-likeness (QED) is 0.645. The minimum absolute atomic E-state index is 0.0482. The molecule has 1 aromatic heterocycles. The van der Waals surface area contributed by atoms with Crippen molar-refractivity contribution in [2.24, 2.45) is 24.7 Å². The maximum atomic E-state index is 12.7. The van der Waals surface area contributed by atoms with Gasteiger partial charge in [0.1, 0.15) is 0 Å². The molecule has 2 rings (SSSR count). The molecule has 0 aromatic carbocycles. The van der Waals surface area contributed by atoms with Gasteiger partial charge in [-0.2, -0.15) is 13.2 Å². The van der Waals surface area contributed by atoms with Crippen molar-refractivity contribution in [3.63, 3.8) is 0 Å². The molecule has 1 atom stereocenters. The van der Waals surface area contributed by atoms with Gasteiger partial charge in [0, 0.05) is 7.05 Å². The molecule has 0 aliphatic heterocycles. The number of nitrogens with two attached hydrogens (primary N) is 1. The highest BCUT2D eigenvalue weighted by Crippen LogP contribution is 2.43. The first-order valence-corrected chi connectivity index (χ1v) is 7.21. The van der Waals surface area contributed by atoms with E-state index in [2.05, 4.69) is 31.7 Å². The van der Waals surface area contributed by atoms with Gasteiger partial charge in [-0.25, -0.2) is 4.68 Å². The Morgan fingerprint density at radius 1 is 1.35 bits per heavy atom. The predicted molar refractivity (Wildman–Crippen MR) is 70.3 cm³/mol. The number of hydrogen-bond donors (Lipinski definition) is 2. The zero-order valence-corrected chi connectivity index (χ0v) is 12.6. The number of nitrogens with zero attached hydrogens (tertiary/aromatic N) is 3. The van der Waals surface area contributed by atoms with E-state index in [0.29, 0.717) is 17.4 Å². The van der Waals surface area contributed by atoms with Crippen LogP contribution in [0.15, 0.2) is 4.60 Å². The molecule has 1 aliphatic carbocycles. The van der Waals surface area contributed by atoms with Crippen LogP contribution in [-0.2, 0) is 7.05 Å². The van der Waals surface area contributed by atoms with Crippen LogP contribution in [0.4, 0.5) is 13.2 Å². The van der Waals surface area contributed by atoms with E-state index in [1.54, 1.807) is 11.7 Å². The number of hydrogen-bond acceptors (Lipinski definition) is 4. The molecule has 1 heterocycles. The van der Waals surface area contributed by atoms with E-state index in [1.165, 1.54) is 0 Å². The molecule has 0 saturated heterocycles. The second-order valence-corrected chi connectivity index (χ2v) is 5.94. The van der Waals surface area contributed by atoms with E-state index < -0.39 is 12.1 Å². The summed E-state index contributed by atoms with van der Waals surface area (Å²) in [5, 5.41) is 7.77. The fourth-order valence-electron chi connectivity index (χ4n) is 2.89. The van der Waals surface area contributed by atoms with Gasteiger partial charge in [0.2, 0.25) is 0 Å². The van der Waals surface area contributed by atoms with Gasteiger partial charge in [0.15, 0.2) is 4.60 Å². The molecular weight excluding hydrogens is 339 g/mol. The summed E-state index contributed by atoms with van der Waals surface area (Å²) in [6, 6.07) is -0.251. The Labute approximate surface area is 123 Å². The second kappa shape index (κ2) is 5.98. The average molecular weight is 356 g/mol. The van der Waals surface area contributed by atoms with E-state index in [9.17, 15) is 13.2 Å². The molecule has 0 bridgehead atoms. The first-order valence-electron chi connectivity index (χ1n) is 6.42. The standard InChI is InChI=1S/C11H17BrF3N5/c1-20-9(10(12)18-19-20)8(17-16)6-2-4-7(5-3-6)11(13,14)15/h6-8,17H,2-5,16H2,1H3. The molecule has 0 amide bonds. The summed E-state index contributed by atoms with van der Waals surface area (Å²) in [5.41, 5.74) is 3.46. The first-order chi connectivity index (χ1) is 9.34. The number of rotatable bonds is 3. The molecule has 0 radical (unpaired) electrons. The minimum Gasteiger partial charge on any atom is -0.271 e. The summed E-state index contributed by atoms with van der Waals surface area (Å²) in [4.78, 5) is 0. The SMILES string of the molecule is Cn1nnc(Br)c1C(NN)C1CCC(C(F)(F)F)CC1. The topological polar surface area (TPSA) is 68.8 Å². The predicted octanol–water partition coefficient (Wildman–Crippen LogP) is 2.45. The molecule has 1 fully saturated rings. The van der Waals surface area contributed by atoms with Crippen LogP contribution in [0.5, 0.6) is 0 Å². The summed E-state index contributed by atoms with van der Waals surface area (Å²) in [7, 11) is 1.73. The highest BCUT2D eigenvalue weighted by atomic mass is 79.9. The van der Waals surface area contributed by atoms with Crippen LogP contribution in [-0.4, -0.2) is 21.2 Å². The number of hydrazine groups is 1. The molecule has 20 heavy (non-hydrogen) atoms. The number of alkyl halides is 3. The van der Waals surface area contributed by atoms with E-state index in [-0.39, 0.29) is 24.8 Å². The number of halogens is 4. The molecule has 1 saturated carbocycles. The van der Waals surface area contributed by atoms with Gasteiger partial charge in [-0.15, -0.1) is 5.10 Å². The summed E-state index contributed by atoms with van der Waals surface area (Å²) in [6.45, 7) is 0. The zero-order chi connectivity index (χ0) is 14.9. The van der Waals surface area contributed by atoms with Gasteiger partial charge >= 0.3 is 6.18 Å². The van der Waals surface area contributed by atoms with Crippen molar-refractivity contribution >= 4 is 15.9 Å². The van der Waals surface area contributed by atoms with Crippen LogP contribution in [0.1, 0.15) is 37.4 Å².